The van der Waals surface area contributed by atoms with Gasteiger partial charge in [0.25, 0.3) is 0 Å². The second kappa shape index (κ2) is 4.63. The van der Waals surface area contributed by atoms with Crippen molar-refractivity contribution < 1.29 is 0 Å². The molecule has 1 saturated heterocycles. The van der Waals surface area contributed by atoms with E-state index in [4.69, 9.17) is 5.73 Å². The number of hydrogen-bond acceptors (Lipinski definition) is 2. The van der Waals surface area contributed by atoms with Gasteiger partial charge in [-0.2, -0.15) is 0 Å². The summed E-state index contributed by atoms with van der Waals surface area (Å²) in [5.74, 6) is 0. The van der Waals surface area contributed by atoms with E-state index in [-0.39, 0.29) is 0 Å². The third-order valence-corrected chi connectivity index (χ3v) is 3.86. The van der Waals surface area contributed by atoms with Gasteiger partial charge in [-0.1, -0.05) is 12.8 Å². The van der Waals surface area contributed by atoms with Gasteiger partial charge in [0.1, 0.15) is 0 Å². The van der Waals surface area contributed by atoms with Crippen molar-refractivity contribution in [2.24, 2.45) is 5.73 Å². The monoisotopic (exact) mass is 196 g/mol. The maximum absolute atomic E-state index is 5.91. The van der Waals surface area contributed by atoms with Gasteiger partial charge in [0.05, 0.1) is 0 Å². The van der Waals surface area contributed by atoms with Crippen LogP contribution in [0.5, 0.6) is 0 Å². The van der Waals surface area contributed by atoms with Gasteiger partial charge in [-0.3, -0.25) is 4.90 Å². The number of nitrogens with two attached hydrogens (primary N) is 1. The molecule has 2 aliphatic rings. The molecule has 2 heteroatoms. The predicted octanol–water partition coefficient (Wildman–Crippen LogP) is 2.13. The lowest BCUT2D eigenvalue weighted by Crippen LogP contribution is -2.40. The molecule has 0 spiro atoms. The summed E-state index contributed by atoms with van der Waals surface area (Å²) in [4.78, 5) is 2.76. The molecule has 2 N–H and O–H groups in total. The first kappa shape index (κ1) is 10.4. The SMILES string of the molecule is CC(N)CC1CCCN1C1CCCC1. The van der Waals surface area contributed by atoms with E-state index < -0.39 is 0 Å². The van der Waals surface area contributed by atoms with Gasteiger partial charge in [0, 0.05) is 18.1 Å². The Morgan fingerprint density at radius 3 is 2.57 bits per heavy atom. The fourth-order valence-electron chi connectivity index (χ4n) is 3.26. The van der Waals surface area contributed by atoms with Crippen LogP contribution < -0.4 is 5.73 Å². The second-order valence-corrected chi connectivity index (χ2v) is 5.19. The fraction of sp³-hybridized carbons (Fsp3) is 1.00. The molecule has 0 aromatic rings. The molecule has 2 unspecified atom stereocenters. The zero-order chi connectivity index (χ0) is 9.97. The average molecular weight is 196 g/mol. The minimum Gasteiger partial charge on any atom is -0.328 e. The van der Waals surface area contributed by atoms with Gasteiger partial charge >= 0.3 is 0 Å². The van der Waals surface area contributed by atoms with Gasteiger partial charge in [-0.25, -0.2) is 0 Å². The predicted molar refractivity (Wildman–Crippen MR) is 60.3 cm³/mol. The van der Waals surface area contributed by atoms with Crippen molar-refractivity contribution in [3.8, 4) is 0 Å². The van der Waals surface area contributed by atoms with E-state index in [1.165, 1.54) is 51.5 Å². The van der Waals surface area contributed by atoms with Crippen LogP contribution in [0.25, 0.3) is 0 Å². The Kier molecular flexibility index (Phi) is 3.45. The zero-order valence-corrected chi connectivity index (χ0v) is 9.41. The van der Waals surface area contributed by atoms with E-state index in [1.807, 2.05) is 0 Å². The summed E-state index contributed by atoms with van der Waals surface area (Å²) < 4.78 is 0. The van der Waals surface area contributed by atoms with E-state index in [0.29, 0.717) is 6.04 Å². The standard InChI is InChI=1S/C12H24N2/c1-10(13)9-12-7-4-8-14(12)11-5-2-3-6-11/h10-12H,2-9,13H2,1H3. The van der Waals surface area contributed by atoms with E-state index in [2.05, 4.69) is 11.8 Å². The molecule has 14 heavy (non-hydrogen) atoms. The number of hydrogen-bond donors (Lipinski definition) is 1. The molecule has 0 amide bonds. The molecule has 0 radical (unpaired) electrons. The summed E-state index contributed by atoms with van der Waals surface area (Å²) in [6.07, 6.45) is 9.77. The van der Waals surface area contributed by atoms with Crippen LogP contribution in [-0.4, -0.2) is 29.6 Å². The normalized spacial score (nSPS) is 32.6. The van der Waals surface area contributed by atoms with Crippen molar-refractivity contribution in [3.63, 3.8) is 0 Å². The van der Waals surface area contributed by atoms with Crippen LogP contribution in [-0.2, 0) is 0 Å². The molecule has 1 aliphatic heterocycles. The lowest BCUT2D eigenvalue weighted by atomic mass is 10.1. The van der Waals surface area contributed by atoms with Gasteiger partial charge in [0.2, 0.25) is 0 Å². The molecule has 0 aromatic carbocycles. The second-order valence-electron chi connectivity index (χ2n) is 5.19. The van der Waals surface area contributed by atoms with Crippen LogP contribution in [0.2, 0.25) is 0 Å². The van der Waals surface area contributed by atoms with Crippen LogP contribution in [0.15, 0.2) is 0 Å². The Morgan fingerprint density at radius 2 is 1.93 bits per heavy atom. The molecule has 2 fully saturated rings. The number of nitrogens with zero attached hydrogens (tertiary/aromatic N) is 1. The Morgan fingerprint density at radius 1 is 1.21 bits per heavy atom. The van der Waals surface area contributed by atoms with Crippen molar-refractivity contribution >= 4 is 0 Å². The highest BCUT2D eigenvalue weighted by Gasteiger charge is 2.32. The summed E-state index contributed by atoms with van der Waals surface area (Å²) in [6.45, 7) is 3.48. The van der Waals surface area contributed by atoms with E-state index in [1.54, 1.807) is 0 Å². The smallest absolute Gasteiger partial charge is 0.0113 e. The Labute approximate surface area is 87.8 Å². The van der Waals surface area contributed by atoms with Gasteiger partial charge < -0.3 is 5.73 Å². The first-order valence-electron chi connectivity index (χ1n) is 6.28. The Balaban J connectivity index is 1.89. The summed E-state index contributed by atoms with van der Waals surface area (Å²) in [7, 11) is 0. The maximum Gasteiger partial charge on any atom is 0.0113 e. The third-order valence-electron chi connectivity index (χ3n) is 3.86. The highest BCUT2D eigenvalue weighted by Crippen LogP contribution is 2.31. The number of rotatable bonds is 3. The van der Waals surface area contributed by atoms with Crippen LogP contribution in [0.3, 0.4) is 0 Å². The van der Waals surface area contributed by atoms with E-state index in [0.717, 1.165) is 12.1 Å². The Bertz CT molecular complexity index is 173. The van der Waals surface area contributed by atoms with Crippen LogP contribution in [0.4, 0.5) is 0 Å². The van der Waals surface area contributed by atoms with Crippen molar-refractivity contribution in [2.75, 3.05) is 6.54 Å². The van der Waals surface area contributed by atoms with Crippen molar-refractivity contribution in [1.82, 2.24) is 4.90 Å². The molecule has 82 valence electrons. The summed E-state index contributed by atoms with van der Waals surface area (Å²) in [6, 6.07) is 2.08. The molecule has 0 aromatic heterocycles. The van der Waals surface area contributed by atoms with Gasteiger partial charge in [0.15, 0.2) is 0 Å². The minimum absolute atomic E-state index is 0.377. The molecule has 2 rings (SSSR count). The fourth-order valence-corrected chi connectivity index (χ4v) is 3.26. The highest BCUT2D eigenvalue weighted by atomic mass is 15.2. The topological polar surface area (TPSA) is 29.3 Å². The third kappa shape index (κ3) is 2.29. The minimum atomic E-state index is 0.377. The molecular formula is C12H24N2. The summed E-state index contributed by atoms with van der Waals surface area (Å²) >= 11 is 0. The van der Waals surface area contributed by atoms with Crippen LogP contribution in [0.1, 0.15) is 51.9 Å². The summed E-state index contributed by atoms with van der Waals surface area (Å²) in [5, 5.41) is 0. The van der Waals surface area contributed by atoms with E-state index in [9.17, 15) is 0 Å². The molecular weight excluding hydrogens is 172 g/mol. The molecule has 0 bridgehead atoms. The average Bonchev–Trinajstić information content (AvgIpc) is 2.70. The highest BCUT2D eigenvalue weighted by molar-refractivity contribution is 4.88. The molecule has 1 saturated carbocycles. The van der Waals surface area contributed by atoms with Crippen molar-refractivity contribution in [3.05, 3.63) is 0 Å². The summed E-state index contributed by atoms with van der Waals surface area (Å²) in [5.41, 5.74) is 5.91. The van der Waals surface area contributed by atoms with E-state index >= 15 is 0 Å². The largest absolute Gasteiger partial charge is 0.328 e. The lowest BCUT2D eigenvalue weighted by molar-refractivity contribution is 0.169. The zero-order valence-electron chi connectivity index (χ0n) is 9.41. The van der Waals surface area contributed by atoms with Gasteiger partial charge in [-0.05, 0) is 45.6 Å². The van der Waals surface area contributed by atoms with Crippen molar-refractivity contribution in [2.45, 2.75) is 70.0 Å². The van der Waals surface area contributed by atoms with Crippen LogP contribution >= 0.6 is 0 Å². The molecule has 2 nitrogen and oxygen atoms in total. The van der Waals surface area contributed by atoms with Crippen molar-refractivity contribution in [1.29, 1.82) is 0 Å². The Hall–Kier alpha value is -0.0800. The molecule has 1 heterocycles. The number of likely N-dealkylation sites (tertiary alicyclic amines) is 1. The molecule has 2 atom stereocenters. The molecule has 1 aliphatic carbocycles. The quantitative estimate of drug-likeness (QED) is 0.749. The first-order chi connectivity index (χ1) is 6.77. The van der Waals surface area contributed by atoms with Gasteiger partial charge in [-0.15, -0.1) is 0 Å². The first-order valence-corrected chi connectivity index (χ1v) is 6.28. The van der Waals surface area contributed by atoms with Crippen LogP contribution in [0, 0.1) is 0 Å². The maximum atomic E-state index is 5.91. The lowest BCUT2D eigenvalue weighted by Gasteiger charge is -2.31.